The highest BCUT2D eigenvalue weighted by atomic mass is 79.9. The molecule has 3 rings (SSSR count). The van der Waals surface area contributed by atoms with E-state index in [0.717, 1.165) is 42.8 Å². The summed E-state index contributed by atoms with van der Waals surface area (Å²) in [5.41, 5.74) is 6.19. The predicted molar refractivity (Wildman–Crippen MR) is 113 cm³/mol. The molecule has 1 aliphatic rings. The van der Waals surface area contributed by atoms with Crippen LogP contribution < -0.4 is 5.43 Å². The monoisotopic (exact) mass is 428 g/mol. The second-order valence-corrected chi connectivity index (χ2v) is 7.80. The minimum atomic E-state index is -0.0738. The van der Waals surface area contributed by atoms with Crippen molar-refractivity contribution in [3.63, 3.8) is 0 Å². The van der Waals surface area contributed by atoms with Crippen LogP contribution in [0.25, 0.3) is 0 Å². The van der Waals surface area contributed by atoms with Crippen molar-refractivity contribution in [2.75, 3.05) is 32.7 Å². The first-order chi connectivity index (χ1) is 13.1. The Morgan fingerprint density at radius 1 is 1.04 bits per heavy atom. The second kappa shape index (κ2) is 9.78. The van der Waals surface area contributed by atoms with E-state index in [1.165, 1.54) is 11.1 Å². The topological polar surface area (TPSA) is 47.9 Å². The SMILES string of the molecule is Cc1ccc(CN2CCN(CC(=O)N/N=C/c3ccc(Br)cc3)CC2)cc1. The summed E-state index contributed by atoms with van der Waals surface area (Å²) in [5, 5.41) is 4.04. The Balaban J connectivity index is 1.37. The van der Waals surface area contributed by atoms with Gasteiger partial charge in [0.05, 0.1) is 12.8 Å². The zero-order valence-corrected chi connectivity index (χ0v) is 17.2. The number of hydrazone groups is 1. The summed E-state index contributed by atoms with van der Waals surface area (Å²) in [7, 11) is 0. The third-order valence-electron chi connectivity index (χ3n) is 4.63. The maximum absolute atomic E-state index is 12.1. The van der Waals surface area contributed by atoms with Gasteiger partial charge in [0.1, 0.15) is 0 Å². The number of carbonyl (C=O) groups is 1. The molecule has 0 radical (unpaired) electrons. The van der Waals surface area contributed by atoms with Crippen molar-refractivity contribution in [2.45, 2.75) is 13.5 Å². The van der Waals surface area contributed by atoms with E-state index in [-0.39, 0.29) is 5.91 Å². The second-order valence-electron chi connectivity index (χ2n) is 6.88. The number of nitrogens with zero attached hydrogens (tertiary/aromatic N) is 3. The molecule has 0 aromatic heterocycles. The van der Waals surface area contributed by atoms with Crippen molar-refractivity contribution >= 4 is 28.1 Å². The molecule has 0 bridgehead atoms. The number of halogens is 1. The lowest BCUT2D eigenvalue weighted by Crippen LogP contribution is -2.48. The number of amides is 1. The number of carbonyl (C=O) groups excluding carboxylic acids is 1. The molecule has 5 nitrogen and oxygen atoms in total. The average Bonchev–Trinajstić information content (AvgIpc) is 2.67. The molecule has 0 spiro atoms. The van der Waals surface area contributed by atoms with Gasteiger partial charge in [-0.2, -0.15) is 5.10 Å². The molecule has 2 aromatic carbocycles. The van der Waals surface area contributed by atoms with Gasteiger partial charge in [0.2, 0.25) is 0 Å². The minimum absolute atomic E-state index is 0.0738. The van der Waals surface area contributed by atoms with Gasteiger partial charge in [-0.1, -0.05) is 57.9 Å². The Labute approximate surface area is 169 Å². The smallest absolute Gasteiger partial charge is 0.254 e. The number of benzene rings is 2. The fourth-order valence-electron chi connectivity index (χ4n) is 3.02. The molecule has 0 unspecified atom stereocenters. The van der Waals surface area contributed by atoms with Crippen molar-refractivity contribution in [3.05, 3.63) is 69.7 Å². The van der Waals surface area contributed by atoms with Crippen LogP contribution in [-0.4, -0.2) is 54.6 Å². The highest BCUT2D eigenvalue weighted by molar-refractivity contribution is 9.10. The molecule has 1 saturated heterocycles. The Hall–Kier alpha value is -2.02. The van der Waals surface area contributed by atoms with Crippen LogP contribution in [0.1, 0.15) is 16.7 Å². The van der Waals surface area contributed by atoms with E-state index < -0.39 is 0 Å². The molecule has 1 amide bonds. The first-order valence-corrected chi connectivity index (χ1v) is 9.95. The summed E-state index contributed by atoms with van der Waals surface area (Å²) in [4.78, 5) is 16.7. The van der Waals surface area contributed by atoms with E-state index in [1.54, 1.807) is 6.21 Å². The molecular weight excluding hydrogens is 404 g/mol. The standard InChI is InChI=1S/C21H25BrN4O/c1-17-2-4-19(5-3-17)15-25-10-12-26(13-11-25)16-21(27)24-23-14-18-6-8-20(22)9-7-18/h2-9,14H,10-13,15-16H2,1H3,(H,24,27)/b23-14+. The third-order valence-corrected chi connectivity index (χ3v) is 5.16. The van der Waals surface area contributed by atoms with Crippen molar-refractivity contribution in [1.29, 1.82) is 0 Å². The van der Waals surface area contributed by atoms with E-state index in [1.807, 2.05) is 24.3 Å². The Kier molecular flexibility index (Phi) is 7.15. The largest absolute Gasteiger partial charge is 0.297 e. The van der Waals surface area contributed by atoms with Crippen molar-refractivity contribution in [3.8, 4) is 0 Å². The lowest BCUT2D eigenvalue weighted by atomic mass is 10.1. The van der Waals surface area contributed by atoms with Crippen LogP contribution in [0.2, 0.25) is 0 Å². The van der Waals surface area contributed by atoms with Gasteiger partial charge < -0.3 is 0 Å². The maximum atomic E-state index is 12.1. The average molecular weight is 429 g/mol. The van der Waals surface area contributed by atoms with E-state index in [4.69, 9.17) is 0 Å². The Morgan fingerprint density at radius 2 is 1.67 bits per heavy atom. The summed E-state index contributed by atoms with van der Waals surface area (Å²) < 4.78 is 1.02. The van der Waals surface area contributed by atoms with Crippen molar-refractivity contribution in [1.82, 2.24) is 15.2 Å². The molecule has 1 fully saturated rings. The number of rotatable bonds is 6. The normalized spacial score (nSPS) is 15.9. The number of hydrogen-bond donors (Lipinski definition) is 1. The van der Waals surface area contributed by atoms with Gasteiger partial charge in [0, 0.05) is 37.2 Å². The number of aryl methyl sites for hydroxylation is 1. The van der Waals surface area contributed by atoms with E-state index in [2.05, 4.69) is 67.4 Å². The van der Waals surface area contributed by atoms with Gasteiger partial charge in [-0.05, 0) is 30.2 Å². The van der Waals surface area contributed by atoms with Gasteiger partial charge in [-0.15, -0.1) is 0 Å². The quantitative estimate of drug-likeness (QED) is 0.568. The highest BCUT2D eigenvalue weighted by Gasteiger charge is 2.18. The Morgan fingerprint density at radius 3 is 2.33 bits per heavy atom. The van der Waals surface area contributed by atoms with E-state index in [0.29, 0.717) is 6.54 Å². The number of hydrogen-bond acceptors (Lipinski definition) is 4. The molecule has 27 heavy (non-hydrogen) atoms. The maximum Gasteiger partial charge on any atom is 0.254 e. The van der Waals surface area contributed by atoms with Gasteiger partial charge in [0.25, 0.3) is 5.91 Å². The van der Waals surface area contributed by atoms with E-state index >= 15 is 0 Å². The minimum Gasteiger partial charge on any atom is -0.297 e. The van der Waals surface area contributed by atoms with Crippen LogP contribution in [-0.2, 0) is 11.3 Å². The summed E-state index contributed by atoms with van der Waals surface area (Å²) in [6.07, 6.45) is 1.66. The molecule has 1 aliphatic heterocycles. The molecular formula is C21H25BrN4O. The molecule has 2 aromatic rings. The molecule has 6 heteroatoms. The molecule has 1 heterocycles. The van der Waals surface area contributed by atoms with Crippen LogP contribution in [0, 0.1) is 6.92 Å². The summed E-state index contributed by atoms with van der Waals surface area (Å²) in [5.74, 6) is -0.0738. The number of piperazine rings is 1. The summed E-state index contributed by atoms with van der Waals surface area (Å²) in [6.45, 7) is 7.21. The number of nitrogens with one attached hydrogen (secondary N) is 1. The van der Waals surface area contributed by atoms with Gasteiger partial charge in [0.15, 0.2) is 0 Å². The van der Waals surface area contributed by atoms with E-state index in [9.17, 15) is 4.79 Å². The molecule has 0 saturated carbocycles. The first-order valence-electron chi connectivity index (χ1n) is 9.16. The van der Waals surface area contributed by atoms with Gasteiger partial charge in [-0.3, -0.25) is 14.6 Å². The fraction of sp³-hybridized carbons (Fsp3) is 0.333. The summed E-state index contributed by atoms with van der Waals surface area (Å²) >= 11 is 3.39. The van der Waals surface area contributed by atoms with Crippen LogP contribution in [0.3, 0.4) is 0 Å². The van der Waals surface area contributed by atoms with Crippen LogP contribution in [0.5, 0.6) is 0 Å². The van der Waals surface area contributed by atoms with Crippen LogP contribution >= 0.6 is 15.9 Å². The zero-order chi connectivity index (χ0) is 19.1. The highest BCUT2D eigenvalue weighted by Crippen LogP contribution is 2.10. The van der Waals surface area contributed by atoms with Gasteiger partial charge in [-0.25, -0.2) is 5.43 Å². The summed E-state index contributed by atoms with van der Waals surface area (Å²) in [6, 6.07) is 16.5. The molecule has 1 N–H and O–H groups in total. The Bertz CT molecular complexity index is 766. The zero-order valence-electron chi connectivity index (χ0n) is 15.6. The third kappa shape index (κ3) is 6.57. The fourth-order valence-corrected chi connectivity index (χ4v) is 3.29. The molecule has 142 valence electrons. The first kappa shape index (κ1) is 19.7. The lowest BCUT2D eigenvalue weighted by molar-refractivity contribution is -0.122. The predicted octanol–water partition coefficient (Wildman–Crippen LogP) is 3.03. The molecule has 0 atom stereocenters. The van der Waals surface area contributed by atoms with Crippen LogP contribution in [0.4, 0.5) is 0 Å². The van der Waals surface area contributed by atoms with Gasteiger partial charge >= 0.3 is 0 Å². The lowest BCUT2D eigenvalue weighted by Gasteiger charge is -2.34. The van der Waals surface area contributed by atoms with Crippen molar-refractivity contribution in [2.24, 2.45) is 5.10 Å². The molecule has 0 aliphatic carbocycles. The van der Waals surface area contributed by atoms with Crippen LogP contribution in [0.15, 0.2) is 58.1 Å². The van der Waals surface area contributed by atoms with Crippen molar-refractivity contribution < 1.29 is 4.79 Å².